The van der Waals surface area contributed by atoms with Crippen LogP contribution in [0.4, 0.5) is 0 Å². The van der Waals surface area contributed by atoms with Crippen LogP contribution in [0.1, 0.15) is 104 Å². The van der Waals surface area contributed by atoms with Crippen LogP contribution < -0.4 is 0 Å². The van der Waals surface area contributed by atoms with Crippen LogP contribution in [0.25, 0.3) is 99.6 Å². The second kappa shape index (κ2) is 17.2. The van der Waals surface area contributed by atoms with Crippen LogP contribution in [-0.2, 0) is 21.7 Å². The van der Waals surface area contributed by atoms with Gasteiger partial charge in [0.15, 0.2) is 0 Å². The van der Waals surface area contributed by atoms with Gasteiger partial charge in [0.2, 0.25) is 0 Å². The summed E-state index contributed by atoms with van der Waals surface area (Å²) in [6.45, 7) is 23.6. The lowest BCUT2D eigenvalue weighted by atomic mass is 9.63. The van der Waals surface area contributed by atoms with E-state index in [-0.39, 0.29) is 21.7 Å². The van der Waals surface area contributed by atoms with Gasteiger partial charge in [-0.2, -0.15) is 0 Å². The first kappa shape index (κ1) is 47.6. The molecule has 0 fully saturated rings. The van der Waals surface area contributed by atoms with Gasteiger partial charge in [0.25, 0.3) is 0 Å². The number of rotatable bonds is 5. The zero-order chi connectivity index (χ0) is 52.5. The molecule has 4 heteroatoms. The molecule has 3 aromatic heterocycles. The number of benzene rings is 9. The average Bonchev–Trinajstić information content (AvgIpc) is 4.05. The molecular formula is C72H68N4. The van der Waals surface area contributed by atoms with Gasteiger partial charge in [0.05, 0.1) is 39.0 Å². The van der Waals surface area contributed by atoms with Gasteiger partial charge in [-0.3, -0.25) is 0 Å². The summed E-state index contributed by atoms with van der Waals surface area (Å²) >= 11 is 0. The van der Waals surface area contributed by atoms with Crippen LogP contribution in [-0.4, -0.2) is 18.1 Å². The minimum atomic E-state index is -0.0157. The Labute approximate surface area is 447 Å². The summed E-state index contributed by atoms with van der Waals surface area (Å²) in [4.78, 5) is 0. The zero-order valence-corrected chi connectivity index (χ0v) is 45.8. The van der Waals surface area contributed by atoms with E-state index in [0.717, 1.165) is 67.7 Å². The fraction of sp³-hybridized carbons (Fsp3) is 0.222. The number of hydrogen-bond donors (Lipinski definition) is 0. The molecule has 0 aliphatic heterocycles. The van der Waals surface area contributed by atoms with Crippen LogP contribution in [0.5, 0.6) is 0 Å². The van der Waals surface area contributed by atoms with Crippen molar-refractivity contribution in [2.45, 2.75) is 104 Å². The van der Waals surface area contributed by atoms with Crippen LogP contribution in [0.2, 0.25) is 0 Å². The van der Waals surface area contributed by atoms with Crippen LogP contribution in [0, 0.1) is 0 Å². The maximum atomic E-state index is 2.52. The van der Waals surface area contributed by atoms with Gasteiger partial charge < -0.3 is 18.1 Å². The molecule has 4 nitrogen and oxygen atoms in total. The van der Waals surface area contributed by atoms with Crippen molar-refractivity contribution < 1.29 is 0 Å². The summed E-state index contributed by atoms with van der Waals surface area (Å²) in [6.07, 6.45) is 4.71. The van der Waals surface area contributed by atoms with E-state index in [0.29, 0.717) is 0 Å². The Morgan fingerprint density at radius 3 is 1.59 bits per heavy atom. The summed E-state index contributed by atoms with van der Waals surface area (Å²) in [6, 6.07) is 75.9. The molecule has 9 aromatic carbocycles. The molecule has 0 radical (unpaired) electrons. The Bertz CT molecular complexity index is 4270. The summed E-state index contributed by atoms with van der Waals surface area (Å²) in [7, 11) is 0. The van der Waals surface area contributed by atoms with Gasteiger partial charge in [0, 0.05) is 50.2 Å². The minimum Gasteiger partial charge on any atom is -0.314 e. The molecule has 1 aliphatic rings. The van der Waals surface area contributed by atoms with E-state index in [1.54, 1.807) is 0 Å². The van der Waals surface area contributed by atoms with Crippen molar-refractivity contribution in [2.24, 2.45) is 0 Å². The highest BCUT2D eigenvalue weighted by molar-refractivity contribution is 6.10. The van der Waals surface area contributed by atoms with Gasteiger partial charge in [-0.1, -0.05) is 178 Å². The predicted octanol–water partition coefficient (Wildman–Crippen LogP) is 19.5. The fourth-order valence-electron chi connectivity index (χ4n) is 12.5. The van der Waals surface area contributed by atoms with E-state index in [1.165, 1.54) is 67.0 Å². The summed E-state index contributed by atoms with van der Waals surface area (Å²) in [5.74, 6) is 0. The smallest absolute Gasteiger partial charge is 0.0721 e. The predicted molar refractivity (Wildman–Crippen MR) is 324 cm³/mol. The number of hydrogen-bond acceptors (Lipinski definition) is 0. The van der Waals surface area contributed by atoms with Crippen molar-refractivity contribution in [3.63, 3.8) is 0 Å². The standard InChI is InChI=1S/C72H68N4/c1-69(2,3)50-29-34-66-60(39-50)61-40-51(70(4,5)6)30-35-67(61)76(66)57-43-55-42-56(44-57)75(65-33-28-49(47-20-13-11-14-21-47)38-59(65)48-22-15-12-16-23-48)53-25-19-24-52(41-53)74(68-46-73(55)64-27-18-17-26-58(64)68)54-31-32-62-63(45-54)72(9,10)37-36-71(62,7)8/h11-35,38-46H,36-37H2,1-10H3. The molecule has 0 atom stereocenters. The molecule has 12 aromatic rings. The lowest BCUT2D eigenvalue weighted by molar-refractivity contribution is 0.332. The van der Waals surface area contributed by atoms with E-state index < -0.39 is 0 Å². The van der Waals surface area contributed by atoms with Crippen molar-refractivity contribution in [3.05, 3.63) is 229 Å². The van der Waals surface area contributed by atoms with Crippen molar-refractivity contribution in [1.29, 1.82) is 0 Å². The van der Waals surface area contributed by atoms with Gasteiger partial charge in [-0.15, -0.1) is 0 Å². The Hall–Kier alpha value is -8.08. The minimum absolute atomic E-state index is 0.0157. The van der Waals surface area contributed by atoms with E-state index in [2.05, 4.69) is 294 Å². The number of nitrogens with zero attached hydrogens (tertiary/aromatic N) is 4. The highest BCUT2D eigenvalue weighted by Crippen LogP contribution is 2.47. The Morgan fingerprint density at radius 1 is 0.355 bits per heavy atom. The maximum absolute atomic E-state index is 2.52. The molecule has 0 saturated carbocycles. The Balaban J connectivity index is 1.22. The highest BCUT2D eigenvalue weighted by atomic mass is 15.0. The second-order valence-corrected chi connectivity index (χ2v) is 25.1. The molecule has 3 heterocycles. The molecule has 1 aliphatic carbocycles. The molecule has 0 spiro atoms. The normalized spacial score (nSPS) is 14.6. The lowest BCUT2D eigenvalue weighted by Gasteiger charge is -2.42. The monoisotopic (exact) mass is 989 g/mol. The molecule has 376 valence electrons. The van der Waals surface area contributed by atoms with E-state index in [4.69, 9.17) is 0 Å². The zero-order valence-electron chi connectivity index (χ0n) is 45.8. The third-order valence-corrected chi connectivity index (χ3v) is 17.0. The molecule has 0 saturated heterocycles. The van der Waals surface area contributed by atoms with Gasteiger partial charge in [-0.05, 0) is 164 Å². The molecule has 76 heavy (non-hydrogen) atoms. The third-order valence-electron chi connectivity index (χ3n) is 17.0. The van der Waals surface area contributed by atoms with Crippen molar-refractivity contribution in [3.8, 4) is 39.3 Å². The fourth-order valence-corrected chi connectivity index (χ4v) is 12.5. The summed E-state index contributed by atoms with van der Waals surface area (Å²) in [5, 5.41) is 3.73. The SMILES string of the molecule is CC(C)(C)c1ccc2c(c1)c1cc(C(C)(C)C)ccc1n2-c1cc2cc(c1)n1cc(c3ccccc31)n(-c1ccc3c(c1)C(C)(C)CCC3(C)C)c1cccc(c1)n2-c1ccc(-c2ccccc2)cc1-c1ccccc1. The molecule has 6 bridgehead atoms. The quantitative estimate of drug-likeness (QED) is 0.164. The first-order chi connectivity index (χ1) is 36.4. The van der Waals surface area contributed by atoms with Gasteiger partial charge in [-0.25, -0.2) is 0 Å². The lowest BCUT2D eigenvalue weighted by Crippen LogP contribution is -2.33. The molecule has 0 unspecified atom stereocenters. The maximum Gasteiger partial charge on any atom is 0.0721 e. The van der Waals surface area contributed by atoms with Crippen LogP contribution in [0.3, 0.4) is 0 Å². The van der Waals surface area contributed by atoms with E-state index in [1.807, 2.05) is 0 Å². The molecule has 0 N–H and O–H groups in total. The van der Waals surface area contributed by atoms with Crippen LogP contribution in [0.15, 0.2) is 206 Å². The molecule has 0 amide bonds. The van der Waals surface area contributed by atoms with Gasteiger partial charge >= 0.3 is 0 Å². The van der Waals surface area contributed by atoms with Crippen LogP contribution >= 0.6 is 0 Å². The summed E-state index contributed by atoms with van der Waals surface area (Å²) in [5.41, 5.74) is 22.7. The topological polar surface area (TPSA) is 19.2 Å². The van der Waals surface area contributed by atoms with Crippen molar-refractivity contribution in [1.82, 2.24) is 18.1 Å². The average molecular weight is 989 g/mol. The summed E-state index contributed by atoms with van der Waals surface area (Å²) < 4.78 is 10.0. The van der Waals surface area contributed by atoms with E-state index >= 15 is 0 Å². The first-order valence-electron chi connectivity index (χ1n) is 27.4. The Kier molecular flexibility index (Phi) is 10.8. The molecule has 13 rings (SSSR count). The first-order valence-corrected chi connectivity index (χ1v) is 27.4. The largest absolute Gasteiger partial charge is 0.314 e. The highest BCUT2D eigenvalue weighted by Gasteiger charge is 2.37. The number of fused-ring (bicyclic) bond motifs is 14. The van der Waals surface area contributed by atoms with Crippen molar-refractivity contribution in [2.75, 3.05) is 0 Å². The number of para-hydroxylation sites is 1. The third kappa shape index (κ3) is 7.87. The Morgan fingerprint density at radius 2 is 0.934 bits per heavy atom. The second-order valence-electron chi connectivity index (χ2n) is 25.1. The molecular weight excluding hydrogens is 921 g/mol. The van der Waals surface area contributed by atoms with E-state index in [9.17, 15) is 0 Å². The van der Waals surface area contributed by atoms with Crippen molar-refractivity contribution >= 4 is 60.3 Å². The van der Waals surface area contributed by atoms with Gasteiger partial charge in [0.1, 0.15) is 0 Å². The number of aromatic nitrogens is 4.